The molecule has 0 aliphatic rings. The Morgan fingerprint density at radius 2 is 1.79 bits per heavy atom. The molecule has 0 aliphatic carbocycles. The number of sulfonamides is 1. The maximum absolute atomic E-state index is 12.9. The summed E-state index contributed by atoms with van der Waals surface area (Å²) in [5.41, 5.74) is 1.47. The lowest BCUT2D eigenvalue weighted by Gasteiger charge is -2.18. The zero-order valence-electron chi connectivity index (χ0n) is 15.5. The van der Waals surface area contributed by atoms with Gasteiger partial charge in [-0.2, -0.15) is 0 Å². The van der Waals surface area contributed by atoms with E-state index in [4.69, 9.17) is 4.74 Å². The quantitative estimate of drug-likeness (QED) is 0.640. The molecule has 8 heteroatoms. The van der Waals surface area contributed by atoms with Gasteiger partial charge in [0.15, 0.2) is 0 Å². The molecule has 1 N–H and O–H groups in total. The van der Waals surface area contributed by atoms with Gasteiger partial charge < -0.3 is 10.1 Å². The van der Waals surface area contributed by atoms with Crippen LogP contribution < -0.4 is 14.4 Å². The zero-order valence-corrected chi connectivity index (χ0v) is 17.1. The normalized spacial score (nSPS) is 11.1. The van der Waals surface area contributed by atoms with E-state index < -0.39 is 10.0 Å². The fourth-order valence-corrected chi connectivity index (χ4v) is 4.90. The third-order valence-electron chi connectivity index (χ3n) is 4.19. The van der Waals surface area contributed by atoms with Gasteiger partial charge in [-0.05, 0) is 35.9 Å². The molecule has 1 heterocycles. The highest BCUT2D eigenvalue weighted by Gasteiger charge is 2.24. The van der Waals surface area contributed by atoms with Crippen molar-refractivity contribution < 1.29 is 17.9 Å². The van der Waals surface area contributed by atoms with Gasteiger partial charge in [0.05, 0.1) is 22.6 Å². The summed E-state index contributed by atoms with van der Waals surface area (Å²) in [6.07, 6.45) is 0. The van der Waals surface area contributed by atoms with Crippen molar-refractivity contribution in [2.45, 2.75) is 11.4 Å². The summed E-state index contributed by atoms with van der Waals surface area (Å²) in [6.45, 7) is 0.380. The number of thiophene rings is 1. The molecule has 1 amide bonds. The number of hydrogen-bond acceptors (Lipinski definition) is 5. The topological polar surface area (TPSA) is 75.7 Å². The van der Waals surface area contributed by atoms with Gasteiger partial charge in [0.1, 0.15) is 5.75 Å². The number of carbonyl (C=O) groups excluding carboxylic acids is 1. The highest BCUT2D eigenvalue weighted by Crippen LogP contribution is 2.27. The number of nitrogens with zero attached hydrogens (tertiary/aromatic N) is 1. The van der Waals surface area contributed by atoms with E-state index >= 15 is 0 Å². The Bertz CT molecular complexity index is 1050. The van der Waals surface area contributed by atoms with Crippen LogP contribution in [0.4, 0.5) is 5.69 Å². The lowest BCUT2D eigenvalue weighted by atomic mass is 10.2. The van der Waals surface area contributed by atoms with Crippen LogP contribution in [0.2, 0.25) is 0 Å². The van der Waals surface area contributed by atoms with Crippen molar-refractivity contribution in [3.05, 3.63) is 76.5 Å². The van der Waals surface area contributed by atoms with Crippen molar-refractivity contribution in [1.82, 2.24) is 5.32 Å². The molecule has 0 aliphatic heterocycles. The standard InChI is InChI=1S/C20H20N2O4S2/c1-22(16-8-10-17(26-2)11-9-16)28(24,25)18-12-19(27-14-18)20(23)21-13-15-6-4-3-5-7-15/h3-12,14H,13H2,1-2H3,(H,21,23). The number of carbonyl (C=O) groups is 1. The molecular weight excluding hydrogens is 396 g/mol. The Morgan fingerprint density at radius 3 is 2.43 bits per heavy atom. The molecular formula is C20H20N2O4S2. The molecule has 0 fully saturated rings. The van der Waals surface area contributed by atoms with Crippen LogP contribution >= 0.6 is 11.3 Å². The lowest BCUT2D eigenvalue weighted by Crippen LogP contribution is -2.26. The molecule has 0 bridgehead atoms. The van der Waals surface area contributed by atoms with Crippen LogP contribution in [-0.2, 0) is 16.6 Å². The van der Waals surface area contributed by atoms with Crippen LogP contribution in [0.1, 0.15) is 15.2 Å². The van der Waals surface area contributed by atoms with Crippen molar-refractivity contribution >= 4 is 33.0 Å². The Balaban J connectivity index is 1.72. The Kier molecular flexibility index (Phi) is 6.01. The van der Waals surface area contributed by atoms with Gasteiger partial charge in [-0.3, -0.25) is 9.10 Å². The highest BCUT2D eigenvalue weighted by atomic mass is 32.2. The molecule has 146 valence electrons. The van der Waals surface area contributed by atoms with E-state index in [-0.39, 0.29) is 10.8 Å². The Morgan fingerprint density at radius 1 is 1.11 bits per heavy atom. The molecule has 0 saturated carbocycles. The molecule has 0 saturated heterocycles. The molecule has 3 rings (SSSR count). The number of nitrogens with one attached hydrogen (secondary N) is 1. The molecule has 2 aromatic carbocycles. The van der Waals surface area contributed by atoms with Crippen molar-refractivity contribution in [2.75, 3.05) is 18.5 Å². The summed E-state index contributed by atoms with van der Waals surface area (Å²) in [7, 11) is -0.745. The summed E-state index contributed by atoms with van der Waals surface area (Å²) in [5, 5.41) is 4.28. The minimum atomic E-state index is -3.77. The van der Waals surface area contributed by atoms with E-state index in [2.05, 4.69) is 5.32 Å². The summed E-state index contributed by atoms with van der Waals surface area (Å²) in [6, 6.07) is 17.6. The molecule has 0 radical (unpaired) electrons. The number of amides is 1. The molecule has 1 aromatic heterocycles. The monoisotopic (exact) mass is 416 g/mol. The second kappa shape index (κ2) is 8.45. The van der Waals surface area contributed by atoms with Crippen molar-refractivity contribution in [3.8, 4) is 5.75 Å². The number of methoxy groups -OCH3 is 1. The molecule has 6 nitrogen and oxygen atoms in total. The van der Waals surface area contributed by atoms with Crippen LogP contribution in [0.3, 0.4) is 0 Å². The maximum atomic E-state index is 12.9. The van der Waals surface area contributed by atoms with Crippen molar-refractivity contribution in [2.24, 2.45) is 0 Å². The predicted octanol–water partition coefficient (Wildman–Crippen LogP) is 3.51. The van der Waals surface area contributed by atoms with E-state index in [9.17, 15) is 13.2 Å². The van der Waals surface area contributed by atoms with Gasteiger partial charge in [-0.15, -0.1) is 11.3 Å². The fraction of sp³-hybridized carbons (Fsp3) is 0.150. The molecule has 0 spiro atoms. The Labute approximate surface area is 168 Å². The highest BCUT2D eigenvalue weighted by molar-refractivity contribution is 7.93. The average molecular weight is 417 g/mol. The largest absolute Gasteiger partial charge is 0.497 e. The van der Waals surface area contributed by atoms with Crippen LogP contribution in [0.5, 0.6) is 5.75 Å². The number of hydrogen-bond donors (Lipinski definition) is 1. The Hall–Kier alpha value is -2.84. The van der Waals surface area contributed by atoms with Gasteiger partial charge in [-0.25, -0.2) is 8.42 Å². The van der Waals surface area contributed by atoms with Gasteiger partial charge in [-0.1, -0.05) is 30.3 Å². The minimum Gasteiger partial charge on any atom is -0.497 e. The van der Waals surface area contributed by atoms with E-state index in [1.54, 1.807) is 31.4 Å². The van der Waals surface area contributed by atoms with Crippen LogP contribution in [0.15, 0.2) is 70.9 Å². The summed E-state index contributed by atoms with van der Waals surface area (Å²) in [4.78, 5) is 12.8. The smallest absolute Gasteiger partial charge is 0.264 e. The van der Waals surface area contributed by atoms with Gasteiger partial charge in [0.25, 0.3) is 15.9 Å². The van der Waals surface area contributed by atoms with Crippen LogP contribution in [0.25, 0.3) is 0 Å². The first-order valence-electron chi connectivity index (χ1n) is 8.45. The van der Waals surface area contributed by atoms with E-state index in [1.165, 1.54) is 22.8 Å². The van der Waals surface area contributed by atoms with Crippen LogP contribution in [-0.4, -0.2) is 28.5 Å². The first-order chi connectivity index (χ1) is 13.4. The third kappa shape index (κ3) is 4.35. The van der Waals surface area contributed by atoms with Crippen molar-refractivity contribution in [3.63, 3.8) is 0 Å². The molecule has 0 atom stereocenters. The first-order valence-corrected chi connectivity index (χ1v) is 10.8. The lowest BCUT2D eigenvalue weighted by molar-refractivity contribution is 0.0955. The second-order valence-electron chi connectivity index (χ2n) is 5.99. The molecule has 28 heavy (non-hydrogen) atoms. The predicted molar refractivity (Wildman–Crippen MR) is 111 cm³/mol. The summed E-state index contributed by atoms with van der Waals surface area (Å²) < 4.78 is 32.0. The number of rotatable bonds is 7. The number of ether oxygens (including phenoxy) is 1. The average Bonchev–Trinajstić information content (AvgIpc) is 3.23. The van der Waals surface area contributed by atoms with E-state index in [0.29, 0.717) is 22.9 Å². The SMILES string of the molecule is COc1ccc(N(C)S(=O)(=O)c2csc(C(=O)NCc3ccccc3)c2)cc1. The third-order valence-corrected chi connectivity index (χ3v) is 7.03. The summed E-state index contributed by atoms with van der Waals surface area (Å²) in [5.74, 6) is 0.338. The number of anilines is 1. The summed E-state index contributed by atoms with van der Waals surface area (Å²) >= 11 is 1.10. The first kappa shape index (κ1) is 19.9. The second-order valence-corrected chi connectivity index (χ2v) is 8.87. The minimum absolute atomic E-state index is 0.0840. The molecule has 3 aromatic rings. The molecule has 0 unspecified atom stereocenters. The van der Waals surface area contributed by atoms with Gasteiger partial charge >= 0.3 is 0 Å². The fourth-order valence-electron chi connectivity index (χ4n) is 2.53. The van der Waals surface area contributed by atoms with Crippen molar-refractivity contribution in [1.29, 1.82) is 0 Å². The van der Waals surface area contributed by atoms with Gasteiger partial charge in [0, 0.05) is 19.0 Å². The van der Waals surface area contributed by atoms with Crippen LogP contribution in [0, 0.1) is 0 Å². The van der Waals surface area contributed by atoms with E-state index in [0.717, 1.165) is 16.9 Å². The maximum Gasteiger partial charge on any atom is 0.264 e. The van der Waals surface area contributed by atoms with Gasteiger partial charge in [0.2, 0.25) is 0 Å². The zero-order chi connectivity index (χ0) is 20.1. The van der Waals surface area contributed by atoms with E-state index in [1.807, 2.05) is 30.3 Å². The number of benzene rings is 2.